The third-order valence-electron chi connectivity index (χ3n) is 1.53. The first-order valence-corrected chi connectivity index (χ1v) is 3.83. The number of rotatable bonds is 2. The maximum atomic E-state index is 10.3. The van der Waals surface area contributed by atoms with E-state index < -0.39 is 12.3 Å². The maximum Gasteiger partial charge on any atom is 0.511 e. The summed E-state index contributed by atoms with van der Waals surface area (Å²) in [6.45, 7) is 2.86. The van der Waals surface area contributed by atoms with E-state index in [0.717, 1.165) is 0 Å². The van der Waals surface area contributed by atoms with Gasteiger partial charge in [-0.3, -0.25) is 0 Å². The summed E-state index contributed by atoms with van der Waals surface area (Å²) in [5, 5.41) is 16.8. The Bertz CT molecular complexity index is 367. The zero-order chi connectivity index (χ0) is 11.6. The molecule has 1 rings (SSSR count). The Morgan fingerprint density at radius 2 is 1.33 bits per heavy atom. The van der Waals surface area contributed by atoms with E-state index >= 15 is 0 Å². The van der Waals surface area contributed by atoms with Gasteiger partial charge in [-0.15, -0.1) is 0 Å². The van der Waals surface area contributed by atoms with Gasteiger partial charge in [0.2, 0.25) is 11.5 Å². The molecule has 0 aliphatic heterocycles. The zero-order valence-electron chi connectivity index (χ0n) is 7.94. The standard InChI is InChI=1S/C8H8O7/c1-3-5(14-7(9)10)6(4(2)13-3)15-8(11)12/h1-2H3,(H,9,10)(H,11,12). The van der Waals surface area contributed by atoms with Crippen LogP contribution in [0.25, 0.3) is 0 Å². The molecule has 1 aromatic rings. The average molecular weight is 216 g/mol. The van der Waals surface area contributed by atoms with Crippen molar-refractivity contribution in [2.75, 3.05) is 0 Å². The number of furan rings is 1. The second-order valence-corrected chi connectivity index (χ2v) is 2.61. The van der Waals surface area contributed by atoms with Crippen molar-refractivity contribution >= 4 is 12.3 Å². The SMILES string of the molecule is Cc1oc(C)c(OC(=O)O)c1OC(=O)O. The van der Waals surface area contributed by atoms with E-state index in [2.05, 4.69) is 9.47 Å². The highest BCUT2D eigenvalue weighted by Crippen LogP contribution is 2.37. The molecule has 0 fully saturated rings. The summed E-state index contributed by atoms with van der Waals surface area (Å²) < 4.78 is 13.6. The Hall–Kier alpha value is -2.18. The van der Waals surface area contributed by atoms with Crippen molar-refractivity contribution < 1.29 is 33.7 Å². The lowest BCUT2D eigenvalue weighted by Crippen LogP contribution is -2.08. The summed E-state index contributed by atoms with van der Waals surface area (Å²) in [5.41, 5.74) is 0. The number of ether oxygens (including phenoxy) is 2. The first kappa shape index (κ1) is 10.9. The molecule has 0 saturated carbocycles. The van der Waals surface area contributed by atoms with E-state index in [9.17, 15) is 9.59 Å². The molecule has 7 heteroatoms. The average Bonchev–Trinajstić information content (AvgIpc) is 2.30. The maximum absolute atomic E-state index is 10.3. The van der Waals surface area contributed by atoms with E-state index in [1.165, 1.54) is 13.8 Å². The Morgan fingerprint density at radius 1 is 1.00 bits per heavy atom. The van der Waals surface area contributed by atoms with E-state index in [4.69, 9.17) is 14.6 Å². The van der Waals surface area contributed by atoms with Crippen LogP contribution in [0.4, 0.5) is 9.59 Å². The molecule has 0 aromatic carbocycles. The topological polar surface area (TPSA) is 106 Å². The molecule has 0 bridgehead atoms. The molecule has 2 N–H and O–H groups in total. The Balaban J connectivity index is 3.10. The minimum atomic E-state index is -1.57. The lowest BCUT2D eigenvalue weighted by molar-refractivity contribution is 0.132. The van der Waals surface area contributed by atoms with Gasteiger partial charge in [0.15, 0.2) is 0 Å². The van der Waals surface area contributed by atoms with Crippen molar-refractivity contribution in [3.05, 3.63) is 11.5 Å². The molecule has 0 unspecified atom stereocenters. The first-order chi connectivity index (χ1) is 6.91. The van der Waals surface area contributed by atoms with Gasteiger partial charge in [-0.05, 0) is 13.8 Å². The van der Waals surface area contributed by atoms with Gasteiger partial charge in [0.05, 0.1) is 0 Å². The summed E-state index contributed by atoms with van der Waals surface area (Å²) in [6.07, 6.45) is -3.15. The van der Waals surface area contributed by atoms with Crippen LogP contribution in [0.15, 0.2) is 4.42 Å². The van der Waals surface area contributed by atoms with Gasteiger partial charge in [0.25, 0.3) is 0 Å². The van der Waals surface area contributed by atoms with Crippen molar-refractivity contribution in [3.8, 4) is 11.5 Å². The van der Waals surface area contributed by atoms with E-state index in [1.807, 2.05) is 0 Å². The number of carboxylic acid groups (broad SMARTS) is 2. The quantitative estimate of drug-likeness (QED) is 0.728. The second-order valence-electron chi connectivity index (χ2n) is 2.61. The lowest BCUT2D eigenvalue weighted by atomic mass is 10.4. The van der Waals surface area contributed by atoms with Crippen molar-refractivity contribution in [2.24, 2.45) is 0 Å². The molecule has 1 aromatic heterocycles. The smallest absolute Gasteiger partial charge is 0.459 e. The molecule has 0 radical (unpaired) electrons. The third-order valence-corrected chi connectivity index (χ3v) is 1.53. The van der Waals surface area contributed by atoms with Gasteiger partial charge in [-0.25, -0.2) is 9.59 Å². The molecule has 1 heterocycles. The Labute approximate surface area is 83.8 Å². The van der Waals surface area contributed by atoms with Gasteiger partial charge in [-0.1, -0.05) is 0 Å². The largest absolute Gasteiger partial charge is 0.511 e. The van der Waals surface area contributed by atoms with Crippen molar-refractivity contribution in [3.63, 3.8) is 0 Å². The molecular weight excluding hydrogens is 208 g/mol. The predicted molar refractivity (Wildman–Crippen MR) is 45.5 cm³/mol. The molecule has 0 saturated heterocycles. The number of carbonyl (C=O) groups is 2. The number of hydrogen-bond acceptors (Lipinski definition) is 5. The van der Waals surface area contributed by atoms with Crippen molar-refractivity contribution in [2.45, 2.75) is 13.8 Å². The van der Waals surface area contributed by atoms with Crippen molar-refractivity contribution in [1.29, 1.82) is 0 Å². The van der Waals surface area contributed by atoms with Crippen LogP contribution in [0.5, 0.6) is 11.5 Å². The molecule has 0 aliphatic rings. The van der Waals surface area contributed by atoms with Crippen LogP contribution >= 0.6 is 0 Å². The van der Waals surface area contributed by atoms with E-state index in [-0.39, 0.29) is 23.0 Å². The van der Waals surface area contributed by atoms with Gasteiger partial charge in [0.1, 0.15) is 11.5 Å². The zero-order valence-corrected chi connectivity index (χ0v) is 7.94. The lowest BCUT2D eigenvalue weighted by Gasteiger charge is -2.01. The first-order valence-electron chi connectivity index (χ1n) is 3.83. The number of aryl methyl sites for hydroxylation is 2. The van der Waals surface area contributed by atoms with Gasteiger partial charge >= 0.3 is 12.3 Å². The minimum absolute atomic E-state index is 0.131. The van der Waals surface area contributed by atoms with Crippen LogP contribution in [0, 0.1) is 13.8 Å². The predicted octanol–water partition coefficient (Wildman–Crippen LogP) is 2.01. The fourth-order valence-electron chi connectivity index (χ4n) is 1.05. The van der Waals surface area contributed by atoms with Crippen LogP contribution in [-0.4, -0.2) is 22.5 Å². The fraction of sp³-hybridized carbons (Fsp3) is 0.250. The Morgan fingerprint density at radius 3 is 1.60 bits per heavy atom. The van der Waals surface area contributed by atoms with Crippen LogP contribution in [0.1, 0.15) is 11.5 Å². The van der Waals surface area contributed by atoms with Crippen LogP contribution < -0.4 is 9.47 Å². The molecule has 0 aliphatic carbocycles. The molecular formula is C8H8O7. The molecule has 0 amide bonds. The molecule has 0 atom stereocenters. The molecule has 15 heavy (non-hydrogen) atoms. The van der Waals surface area contributed by atoms with E-state index in [1.54, 1.807) is 0 Å². The second kappa shape index (κ2) is 3.91. The van der Waals surface area contributed by atoms with Gasteiger partial charge < -0.3 is 24.1 Å². The normalized spacial score (nSPS) is 9.73. The summed E-state index contributed by atoms with van der Waals surface area (Å²) in [7, 11) is 0. The number of hydrogen-bond donors (Lipinski definition) is 2. The Kier molecular flexibility index (Phi) is 2.84. The van der Waals surface area contributed by atoms with Crippen LogP contribution in [0.3, 0.4) is 0 Å². The highest BCUT2D eigenvalue weighted by molar-refractivity contribution is 5.68. The molecule has 0 spiro atoms. The minimum Gasteiger partial charge on any atom is -0.459 e. The molecule has 82 valence electrons. The van der Waals surface area contributed by atoms with Gasteiger partial charge in [0, 0.05) is 0 Å². The third kappa shape index (κ3) is 2.39. The highest BCUT2D eigenvalue weighted by Gasteiger charge is 2.22. The molecule has 7 nitrogen and oxygen atoms in total. The van der Waals surface area contributed by atoms with Crippen molar-refractivity contribution in [1.82, 2.24) is 0 Å². The van der Waals surface area contributed by atoms with Crippen LogP contribution in [-0.2, 0) is 0 Å². The fourth-order valence-corrected chi connectivity index (χ4v) is 1.05. The monoisotopic (exact) mass is 216 g/mol. The summed E-state index contributed by atoms with van der Waals surface area (Å²) >= 11 is 0. The van der Waals surface area contributed by atoms with Crippen LogP contribution in [0.2, 0.25) is 0 Å². The summed E-state index contributed by atoms with van der Waals surface area (Å²) in [6, 6.07) is 0. The van der Waals surface area contributed by atoms with E-state index in [0.29, 0.717) is 0 Å². The summed E-state index contributed by atoms with van der Waals surface area (Å²) in [4.78, 5) is 20.6. The van der Waals surface area contributed by atoms with Gasteiger partial charge in [-0.2, -0.15) is 0 Å². The highest BCUT2D eigenvalue weighted by atomic mass is 16.7. The summed E-state index contributed by atoms with van der Waals surface area (Å²) in [5.74, 6) is -0.234.